The van der Waals surface area contributed by atoms with E-state index in [4.69, 9.17) is 0 Å². The summed E-state index contributed by atoms with van der Waals surface area (Å²) in [6, 6.07) is 10.3. The Balaban J connectivity index is 1.25. The number of piperazine rings is 1. The Morgan fingerprint density at radius 2 is 1.65 bits per heavy atom. The molecule has 2 aliphatic heterocycles. The van der Waals surface area contributed by atoms with Crippen molar-refractivity contribution in [3.05, 3.63) is 65.0 Å². The number of imide groups is 1. The van der Waals surface area contributed by atoms with Gasteiger partial charge >= 0.3 is 6.03 Å². The number of hydrogen-bond acceptors (Lipinski definition) is 5. The highest BCUT2D eigenvalue weighted by atomic mass is 32.2. The van der Waals surface area contributed by atoms with Gasteiger partial charge in [-0.25, -0.2) is 22.5 Å². The lowest BCUT2D eigenvalue weighted by atomic mass is 9.90. The molecule has 0 bridgehead atoms. The molecule has 8 nitrogen and oxygen atoms in total. The number of benzene rings is 2. The third-order valence-corrected chi connectivity index (χ3v) is 8.99. The fourth-order valence-electron chi connectivity index (χ4n) is 4.97. The van der Waals surface area contributed by atoms with Gasteiger partial charge in [-0.2, -0.15) is 4.31 Å². The minimum Gasteiger partial charge on any atom is -0.319 e. The Kier molecular flexibility index (Phi) is 5.70. The number of aryl methyl sites for hydroxylation is 2. The third kappa shape index (κ3) is 3.89. The molecular formula is C24H27FN4O4S. The predicted octanol–water partition coefficient (Wildman–Crippen LogP) is 2.05. The number of carbonyl (C=O) groups excluding carboxylic acids is 2. The van der Waals surface area contributed by atoms with Crippen molar-refractivity contribution in [3.8, 4) is 0 Å². The van der Waals surface area contributed by atoms with Gasteiger partial charge < -0.3 is 5.32 Å². The second-order valence-corrected chi connectivity index (χ2v) is 11.2. The maximum absolute atomic E-state index is 13.3. The minimum absolute atomic E-state index is 0.0431. The Bertz CT molecular complexity index is 1240. The lowest BCUT2D eigenvalue weighted by molar-refractivity contribution is -0.132. The van der Waals surface area contributed by atoms with Crippen LogP contribution >= 0.6 is 0 Å². The van der Waals surface area contributed by atoms with Crippen LogP contribution in [0.15, 0.2) is 47.4 Å². The summed E-state index contributed by atoms with van der Waals surface area (Å²) in [6.07, 6.45) is 3.13. The van der Waals surface area contributed by atoms with Gasteiger partial charge in [0.2, 0.25) is 10.0 Å². The molecule has 1 N–H and O–H groups in total. The summed E-state index contributed by atoms with van der Waals surface area (Å²) in [6.45, 7) is 2.99. The predicted molar refractivity (Wildman–Crippen MR) is 123 cm³/mol. The molecule has 2 saturated heterocycles. The molecule has 1 aliphatic carbocycles. The fourth-order valence-corrected chi connectivity index (χ4v) is 6.39. The lowest BCUT2D eigenvalue weighted by Gasteiger charge is -2.35. The van der Waals surface area contributed by atoms with E-state index in [9.17, 15) is 22.4 Å². The van der Waals surface area contributed by atoms with Crippen LogP contribution in [0.2, 0.25) is 0 Å². The first-order chi connectivity index (χ1) is 16.2. The smallest absolute Gasteiger partial charge is 0.319 e. The Morgan fingerprint density at radius 1 is 0.971 bits per heavy atom. The van der Waals surface area contributed by atoms with Gasteiger partial charge in [-0.05, 0) is 67.1 Å². The molecule has 0 unspecified atom stereocenters. The van der Waals surface area contributed by atoms with Crippen LogP contribution in [0.5, 0.6) is 0 Å². The van der Waals surface area contributed by atoms with Gasteiger partial charge in [0.15, 0.2) is 0 Å². The van der Waals surface area contributed by atoms with E-state index in [-0.39, 0.29) is 30.6 Å². The average Bonchev–Trinajstić information content (AvgIpc) is 3.38. The monoisotopic (exact) mass is 486 g/mol. The van der Waals surface area contributed by atoms with Crippen molar-refractivity contribution in [3.63, 3.8) is 0 Å². The summed E-state index contributed by atoms with van der Waals surface area (Å²) in [4.78, 5) is 29.2. The Labute approximate surface area is 198 Å². The molecule has 2 aromatic rings. The first-order valence-electron chi connectivity index (χ1n) is 11.4. The molecule has 0 saturated carbocycles. The number of hydrogen-bond donors (Lipinski definition) is 1. The van der Waals surface area contributed by atoms with Crippen LogP contribution in [-0.2, 0) is 33.2 Å². The van der Waals surface area contributed by atoms with Gasteiger partial charge in [-0.3, -0.25) is 9.69 Å². The van der Waals surface area contributed by atoms with E-state index in [2.05, 4.69) is 5.32 Å². The van der Waals surface area contributed by atoms with Gasteiger partial charge in [0.1, 0.15) is 11.4 Å². The standard InChI is InChI=1S/C24H27FN4O4S/c1-24(19-6-5-17-3-2-4-18(17)15-19)22(30)29(23(31)26-24)16-27-11-13-28(14-12-27)34(32,33)21-9-7-20(25)8-10-21/h5-10,15H,2-4,11-14,16H2,1H3,(H,26,31)/t24-/m0/s1. The summed E-state index contributed by atoms with van der Waals surface area (Å²) in [5, 5.41) is 2.86. The van der Waals surface area contributed by atoms with Gasteiger partial charge in [-0.15, -0.1) is 0 Å². The molecule has 2 heterocycles. The van der Waals surface area contributed by atoms with E-state index in [1.807, 2.05) is 23.1 Å². The molecule has 3 amide bonds. The zero-order chi connectivity index (χ0) is 24.1. The zero-order valence-electron chi connectivity index (χ0n) is 19.0. The highest BCUT2D eigenvalue weighted by molar-refractivity contribution is 7.89. The molecule has 1 atom stereocenters. The second-order valence-electron chi connectivity index (χ2n) is 9.24. The SMILES string of the molecule is C[C@@]1(c2ccc3c(c2)CCC3)NC(=O)N(CN2CCN(S(=O)(=O)c3ccc(F)cc3)CC2)C1=O. The number of sulfonamides is 1. The number of halogens is 1. The molecule has 5 rings (SSSR count). The molecule has 0 radical (unpaired) electrons. The third-order valence-electron chi connectivity index (χ3n) is 7.07. The van der Waals surface area contributed by atoms with E-state index < -0.39 is 27.4 Å². The minimum atomic E-state index is -3.73. The van der Waals surface area contributed by atoms with Crippen LogP contribution in [0.25, 0.3) is 0 Å². The summed E-state index contributed by atoms with van der Waals surface area (Å²) in [7, 11) is -3.73. The molecule has 34 heavy (non-hydrogen) atoms. The zero-order valence-corrected chi connectivity index (χ0v) is 19.8. The van der Waals surface area contributed by atoms with Crippen LogP contribution in [0, 0.1) is 5.82 Å². The Hall–Kier alpha value is -2.82. The quantitative estimate of drug-likeness (QED) is 0.654. The number of carbonyl (C=O) groups is 2. The number of nitrogens with zero attached hydrogens (tertiary/aromatic N) is 3. The van der Waals surface area contributed by atoms with Crippen molar-refractivity contribution >= 4 is 22.0 Å². The Morgan fingerprint density at radius 3 is 2.35 bits per heavy atom. The van der Waals surface area contributed by atoms with Crippen LogP contribution in [0.1, 0.15) is 30.0 Å². The summed E-state index contributed by atoms with van der Waals surface area (Å²) in [5.74, 6) is -0.805. The van der Waals surface area contributed by atoms with Crippen LogP contribution in [-0.4, -0.2) is 67.3 Å². The van der Waals surface area contributed by atoms with Crippen molar-refractivity contribution in [2.24, 2.45) is 0 Å². The van der Waals surface area contributed by atoms with Crippen molar-refractivity contribution in [1.82, 2.24) is 19.4 Å². The topological polar surface area (TPSA) is 90.0 Å². The summed E-state index contributed by atoms with van der Waals surface area (Å²) >= 11 is 0. The van der Waals surface area contributed by atoms with E-state index in [0.29, 0.717) is 13.1 Å². The average molecular weight is 487 g/mol. The van der Waals surface area contributed by atoms with E-state index in [0.717, 1.165) is 37.0 Å². The van der Waals surface area contributed by atoms with Crippen molar-refractivity contribution in [2.75, 3.05) is 32.8 Å². The summed E-state index contributed by atoms with van der Waals surface area (Å²) < 4.78 is 40.2. The van der Waals surface area contributed by atoms with Crippen LogP contribution in [0.4, 0.5) is 9.18 Å². The van der Waals surface area contributed by atoms with Gasteiger partial charge in [0.05, 0.1) is 11.6 Å². The number of urea groups is 1. The number of rotatable bonds is 5. The molecule has 2 aromatic carbocycles. The fraction of sp³-hybridized carbons (Fsp3) is 0.417. The number of nitrogens with one attached hydrogen (secondary N) is 1. The van der Waals surface area contributed by atoms with Crippen molar-refractivity contribution in [1.29, 1.82) is 0 Å². The van der Waals surface area contributed by atoms with Crippen LogP contribution in [0.3, 0.4) is 0 Å². The normalized spacial score (nSPS) is 23.9. The molecule has 3 aliphatic rings. The van der Waals surface area contributed by atoms with Crippen molar-refractivity contribution in [2.45, 2.75) is 36.6 Å². The molecule has 0 aromatic heterocycles. The molecule has 180 valence electrons. The van der Waals surface area contributed by atoms with E-state index >= 15 is 0 Å². The highest BCUT2D eigenvalue weighted by Crippen LogP contribution is 2.33. The first kappa shape index (κ1) is 22.9. The maximum atomic E-state index is 13.3. The summed E-state index contributed by atoms with van der Waals surface area (Å²) in [5.41, 5.74) is 2.19. The van der Waals surface area contributed by atoms with E-state index in [1.165, 1.54) is 32.5 Å². The lowest BCUT2D eigenvalue weighted by Crippen LogP contribution is -2.52. The number of fused-ring (bicyclic) bond motifs is 1. The van der Waals surface area contributed by atoms with Gasteiger partial charge in [0, 0.05) is 26.2 Å². The molecular weight excluding hydrogens is 459 g/mol. The number of amides is 3. The van der Waals surface area contributed by atoms with Crippen LogP contribution < -0.4 is 5.32 Å². The van der Waals surface area contributed by atoms with E-state index in [1.54, 1.807) is 6.92 Å². The highest BCUT2D eigenvalue weighted by Gasteiger charge is 2.49. The first-order valence-corrected chi connectivity index (χ1v) is 12.9. The van der Waals surface area contributed by atoms with Crippen molar-refractivity contribution < 1.29 is 22.4 Å². The largest absolute Gasteiger partial charge is 0.326 e. The van der Waals surface area contributed by atoms with Gasteiger partial charge in [-0.1, -0.05) is 18.2 Å². The molecule has 2 fully saturated rings. The maximum Gasteiger partial charge on any atom is 0.326 e. The van der Waals surface area contributed by atoms with Gasteiger partial charge in [0.25, 0.3) is 5.91 Å². The molecule has 0 spiro atoms. The second kappa shape index (κ2) is 8.44. The molecule has 10 heteroatoms.